The molecule has 1 saturated carbocycles. The Labute approximate surface area is 124 Å². The van der Waals surface area contributed by atoms with Crippen molar-refractivity contribution in [2.24, 2.45) is 0 Å². The molecule has 2 N–H and O–H groups in total. The summed E-state index contributed by atoms with van der Waals surface area (Å²) in [5.74, 6) is 0.157. The van der Waals surface area contributed by atoms with E-state index in [0.29, 0.717) is 6.04 Å². The zero-order valence-corrected chi connectivity index (χ0v) is 12.7. The topological polar surface area (TPSA) is 41.1 Å². The van der Waals surface area contributed by atoms with Crippen LogP contribution in [0.2, 0.25) is 0 Å². The maximum Gasteiger partial charge on any atom is 0.229 e. The minimum absolute atomic E-state index is 0.0340. The van der Waals surface area contributed by atoms with Crippen LogP contribution >= 0.6 is 11.8 Å². The summed E-state index contributed by atoms with van der Waals surface area (Å²) in [6, 6.07) is 8.65. The van der Waals surface area contributed by atoms with Crippen LogP contribution in [0.3, 0.4) is 0 Å². The fourth-order valence-corrected chi connectivity index (χ4v) is 4.11. The zero-order chi connectivity index (χ0) is 13.9. The lowest BCUT2D eigenvalue weighted by Crippen LogP contribution is -2.42. The Balaban J connectivity index is 1.67. The Morgan fingerprint density at radius 2 is 2.20 bits per heavy atom. The highest BCUT2D eigenvalue weighted by atomic mass is 32.2. The SMILES string of the molecule is CSC1CCC(NC(=O)C2CNCc3ccccc32)C1. The first-order chi connectivity index (χ1) is 9.78. The minimum Gasteiger partial charge on any atom is -0.353 e. The summed E-state index contributed by atoms with van der Waals surface area (Å²) in [7, 11) is 0. The molecule has 0 radical (unpaired) electrons. The van der Waals surface area contributed by atoms with Gasteiger partial charge in [0.2, 0.25) is 5.91 Å². The van der Waals surface area contributed by atoms with Crippen molar-refractivity contribution in [3.05, 3.63) is 35.4 Å². The van der Waals surface area contributed by atoms with Crippen LogP contribution in [-0.2, 0) is 11.3 Å². The van der Waals surface area contributed by atoms with Crippen molar-refractivity contribution in [2.75, 3.05) is 12.8 Å². The van der Waals surface area contributed by atoms with Crippen LogP contribution in [0.5, 0.6) is 0 Å². The van der Waals surface area contributed by atoms with Gasteiger partial charge in [0, 0.05) is 24.4 Å². The second-order valence-corrected chi connectivity index (χ2v) is 6.90. The van der Waals surface area contributed by atoms with Crippen LogP contribution in [0.4, 0.5) is 0 Å². The average molecular weight is 290 g/mol. The predicted molar refractivity (Wildman–Crippen MR) is 84.0 cm³/mol. The quantitative estimate of drug-likeness (QED) is 0.897. The second kappa shape index (κ2) is 6.19. The highest BCUT2D eigenvalue weighted by molar-refractivity contribution is 7.99. The van der Waals surface area contributed by atoms with Crippen LogP contribution in [-0.4, -0.2) is 30.0 Å². The number of amides is 1. The van der Waals surface area contributed by atoms with E-state index >= 15 is 0 Å². The summed E-state index contributed by atoms with van der Waals surface area (Å²) in [6.45, 7) is 1.62. The van der Waals surface area contributed by atoms with Gasteiger partial charge in [-0.15, -0.1) is 0 Å². The monoisotopic (exact) mass is 290 g/mol. The van der Waals surface area contributed by atoms with Gasteiger partial charge in [-0.1, -0.05) is 24.3 Å². The molecule has 1 amide bonds. The normalized spacial score (nSPS) is 28.9. The Morgan fingerprint density at radius 1 is 1.35 bits per heavy atom. The number of thioether (sulfide) groups is 1. The summed E-state index contributed by atoms with van der Waals surface area (Å²) in [4.78, 5) is 12.6. The van der Waals surface area contributed by atoms with Crippen molar-refractivity contribution in [3.63, 3.8) is 0 Å². The molecule has 0 saturated heterocycles. The molecule has 3 unspecified atom stereocenters. The first-order valence-electron chi connectivity index (χ1n) is 7.39. The zero-order valence-electron chi connectivity index (χ0n) is 11.9. The Hall–Kier alpha value is -1.00. The van der Waals surface area contributed by atoms with E-state index in [1.165, 1.54) is 17.5 Å². The molecule has 1 aliphatic carbocycles. The fraction of sp³-hybridized carbons (Fsp3) is 0.562. The van der Waals surface area contributed by atoms with Gasteiger partial charge < -0.3 is 10.6 Å². The Bertz CT molecular complexity index is 491. The van der Waals surface area contributed by atoms with E-state index in [1.807, 2.05) is 23.9 Å². The van der Waals surface area contributed by atoms with Crippen molar-refractivity contribution in [3.8, 4) is 0 Å². The summed E-state index contributed by atoms with van der Waals surface area (Å²) < 4.78 is 0. The second-order valence-electron chi connectivity index (χ2n) is 5.76. The standard InChI is InChI=1S/C16H22N2OS/c1-20-13-7-6-12(8-13)18-16(19)15-10-17-9-11-4-2-3-5-14(11)15/h2-5,12-13,15,17H,6-10H2,1H3,(H,18,19). The molecule has 0 aromatic heterocycles. The first kappa shape index (κ1) is 14.0. The molecular weight excluding hydrogens is 268 g/mol. The van der Waals surface area contributed by atoms with Crippen LogP contribution in [0.25, 0.3) is 0 Å². The molecule has 1 heterocycles. The van der Waals surface area contributed by atoms with Crippen molar-refractivity contribution in [1.29, 1.82) is 0 Å². The molecule has 3 nitrogen and oxygen atoms in total. The predicted octanol–water partition coefficient (Wildman–Crippen LogP) is 2.27. The molecule has 2 aliphatic rings. The van der Waals surface area contributed by atoms with E-state index < -0.39 is 0 Å². The molecule has 4 heteroatoms. The van der Waals surface area contributed by atoms with Gasteiger partial charge in [0.1, 0.15) is 0 Å². The smallest absolute Gasteiger partial charge is 0.229 e. The van der Waals surface area contributed by atoms with Gasteiger partial charge in [-0.25, -0.2) is 0 Å². The molecule has 1 aliphatic heterocycles. The molecular formula is C16H22N2OS. The lowest BCUT2D eigenvalue weighted by Gasteiger charge is -2.27. The van der Waals surface area contributed by atoms with Gasteiger partial charge >= 0.3 is 0 Å². The maximum atomic E-state index is 12.6. The number of hydrogen-bond donors (Lipinski definition) is 2. The summed E-state index contributed by atoms with van der Waals surface area (Å²) >= 11 is 1.92. The summed E-state index contributed by atoms with van der Waals surface area (Å²) in [5, 5.41) is 7.33. The molecule has 0 spiro atoms. The van der Waals surface area contributed by atoms with Gasteiger partial charge in [0.25, 0.3) is 0 Å². The number of fused-ring (bicyclic) bond motifs is 1. The fourth-order valence-electron chi connectivity index (χ4n) is 3.32. The summed E-state index contributed by atoms with van der Waals surface area (Å²) in [6.07, 6.45) is 5.63. The minimum atomic E-state index is -0.0340. The third kappa shape index (κ3) is 2.86. The molecule has 20 heavy (non-hydrogen) atoms. The van der Waals surface area contributed by atoms with E-state index in [9.17, 15) is 4.79 Å². The van der Waals surface area contributed by atoms with Gasteiger partial charge in [-0.2, -0.15) is 11.8 Å². The van der Waals surface area contributed by atoms with E-state index in [4.69, 9.17) is 0 Å². The highest BCUT2D eigenvalue weighted by Crippen LogP contribution is 2.29. The Kier molecular flexibility index (Phi) is 4.32. The van der Waals surface area contributed by atoms with Crippen molar-refractivity contribution >= 4 is 17.7 Å². The van der Waals surface area contributed by atoms with Crippen LogP contribution < -0.4 is 10.6 Å². The average Bonchev–Trinajstić information content (AvgIpc) is 2.94. The maximum absolute atomic E-state index is 12.6. The van der Waals surface area contributed by atoms with Gasteiger partial charge in [0.05, 0.1) is 5.92 Å². The lowest BCUT2D eigenvalue weighted by atomic mass is 9.90. The van der Waals surface area contributed by atoms with Crippen molar-refractivity contribution in [2.45, 2.75) is 43.0 Å². The Morgan fingerprint density at radius 3 is 3.00 bits per heavy atom. The van der Waals surface area contributed by atoms with Crippen LogP contribution in [0.1, 0.15) is 36.3 Å². The third-order valence-electron chi connectivity index (χ3n) is 4.48. The van der Waals surface area contributed by atoms with E-state index in [2.05, 4.69) is 29.0 Å². The molecule has 3 rings (SSSR count). The molecule has 1 aromatic rings. The van der Waals surface area contributed by atoms with Crippen molar-refractivity contribution < 1.29 is 4.79 Å². The molecule has 1 fully saturated rings. The van der Waals surface area contributed by atoms with Crippen LogP contribution in [0.15, 0.2) is 24.3 Å². The highest BCUT2D eigenvalue weighted by Gasteiger charge is 2.30. The number of rotatable bonds is 3. The third-order valence-corrected chi connectivity index (χ3v) is 5.57. The molecule has 1 aromatic carbocycles. The molecule has 0 bridgehead atoms. The number of hydrogen-bond acceptors (Lipinski definition) is 3. The van der Waals surface area contributed by atoms with E-state index in [0.717, 1.165) is 31.2 Å². The van der Waals surface area contributed by atoms with Gasteiger partial charge in [0.15, 0.2) is 0 Å². The first-order valence-corrected chi connectivity index (χ1v) is 8.68. The number of nitrogens with one attached hydrogen (secondary N) is 2. The van der Waals surface area contributed by atoms with E-state index in [1.54, 1.807) is 0 Å². The lowest BCUT2D eigenvalue weighted by molar-refractivity contribution is -0.123. The van der Waals surface area contributed by atoms with Crippen LogP contribution in [0, 0.1) is 0 Å². The number of carbonyl (C=O) groups is 1. The van der Waals surface area contributed by atoms with Gasteiger partial charge in [-0.3, -0.25) is 4.79 Å². The number of benzene rings is 1. The molecule has 108 valence electrons. The number of carbonyl (C=O) groups excluding carboxylic acids is 1. The van der Waals surface area contributed by atoms with E-state index in [-0.39, 0.29) is 11.8 Å². The summed E-state index contributed by atoms with van der Waals surface area (Å²) in [5.41, 5.74) is 2.45. The largest absolute Gasteiger partial charge is 0.353 e. The van der Waals surface area contributed by atoms with Crippen molar-refractivity contribution in [1.82, 2.24) is 10.6 Å². The molecule has 3 atom stereocenters. The van der Waals surface area contributed by atoms with Gasteiger partial charge in [-0.05, 0) is 36.6 Å².